The van der Waals surface area contributed by atoms with Crippen molar-refractivity contribution in [2.24, 2.45) is 0 Å². The standard InChI is InChI=1S/C10H14N4O3/c1-10(2,3)17-9(15)12-7-6(5-11)8(16-4)14-13-7/h1-4H3,(H2,12,13,14,15). The van der Waals surface area contributed by atoms with Gasteiger partial charge in [0.1, 0.15) is 11.7 Å². The van der Waals surface area contributed by atoms with Crippen LogP contribution < -0.4 is 10.1 Å². The fourth-order valence-electron chi connectivity index (χ4n) is 1.07. The molecule has 0 atom stereocenters. The fraction of sp³-hybridized carbons (Fsp3) is 0.500. The maximum absolute atomic E-state index is 11.5. The highest BCUT2D eigenvalue weighted by molar-refractivity contribution is 5.85. The van der Waals surface area contributed by atoms with Crippen molar-refractivity contribution in [3.63, 3.8) is 0 Å². The highest BCUT2D eigenvalue weighted by Gasteiger charge is 2.20. The summed E-state index contributed by atoms with van der Waals surface area (Å²) in [6.45, 7) is 5.22. The van der Waals surface area contributed by atoms with Gasteiger partial charge in [-0.05, 0) is 20.8 Å². The Kier molecular flexibility index (Phi) is 3.58. The minimum atomic E-state index is -0.666. The average molecular weight is 238 g/mol. The molecule has 0 saturated carbocycles. The van der Waals surface area contributed by atoms with Crippen molar-refractivity contribution >= 4 is 11.9 Å². The first-order valence-corrected chi connectivity index (χ1v) is 4.90. The van der Waals surface area contributed by atoms with Gasteiger partial charge in [0.15, 0.2) is 11.4 Å². The van der Waals surface area contributed by atoms with Gasteiger partial charge in [-0.3, -0.25) is 10.4 Å². The normalized spacial score (nSPS) is 10.5. The Morgan fingerprint density at radius 3 is 2.65 bits per heavy atom. The smallest absolute Gasteiger partial charge is 0.413 e. The van der Waals surface area contributed by atoms with Crippen LogP contribution in [0.4, 0.5) is 10.6 Å². The van der Waals surface area contributed by atoms with Crippen LogP contribution in [0.15, 0.2) is 0 Å². The van der Waals surface area contributed by atoms with Crippen molar-refractivity contribution in [3.8, 4) is 11.9 Å². The number of rotatable bonds is 2. The molecule has 7 heteroatoms. The molecule has 1 heterocycles. The van der Waals surface area contributed by atoms with E-state index in [4.69, 9.17) is 14.7 Å². The molecule has 2 N–H and O–H groups in total. The Balaban J connectivity index is 2.79. The van der Waals surface area contributed by atoms with Crippen molar-refractivity contribution in [2.45, 2.75) is 26.4 Å². The summed E-state index contributed by atoms with van der Waals surface area (Å²) < 4.78 is 9.88. The number of methoxy groups -OCH3 is 1. The number of hydrogen-bond acceptors (Lipinski definition) is 5. The van der Waals surface area contributed by atoms with Gasteiger partial charge < -0.3 is 9.47 Å². The van der Waals surface area contributed by atoms with Crippen LogP contribution in [0.1, 0.15) is 26.3 Å². The van der Waals surface area contributed by atoms with Crippen LogP contribution in [0.2, 0.25) is 0 Å². The van der Waals surface area contributed by atoms with E-state index in [1.807, 2.05) is 6.07 Å². The Morgan fingerprint density at radius 2 is 2.18 bits per heavy atom. The van der Waals surface area contributed by atoms with E-state index in [1.165, 1.54) is 7.11 Å². The third-order valence-electron chi connectivity index (χ3n) is 1.66. The molecule has 0 aliphatic heterocycles. The zero-order valence-electron chi connectivity index (χ0n) is 10.1. The molecular weight excluding hydrogens is 224 g/mol. The van der Waals surface area contributed by atoms with E-state index in [9.17, 15) is 4.79 Å². The summed E-state index contributed by atoms with van der Waals surface area (Å²) in [6, 6.07) is 1.87. The lowest BCUT2D eigenvalue weighted by Gasteiger charge is -2.19. The second-order valence-electron chi connectivity index (χ2n) is 4.22. The van der Waals surface area contributed by atoms with E-state index in [0.29, 0.717) is 0 Å². The van der Waals surface area contributed by atoms with Crippen LogP contribution >= 0.6 is 0 Å². The molecule has 0 spiro atoms. The second-order valence-corrected chi connectivity index (χ2v) is 4.22. The van der Waals surface area contributed by atoms with Gasteiger partial charge >= 0.3 is 6.09 Å². The molecule has 7 nitrogen and oxygen atoms in total. The van der Waals surface area contributed by atoms with Crippen molar-refractivity contribution in [1.29, 1.82) is 5.26 Å². The molecule has 0 bridgehead atoms. The molecule has 0 aliphatic carbocycles. The Bertz CT molecular complexity index is 453. The Labute approximate surface area is 98.7 Å². The second kappa shape index (κ2) is 4.74. The molecule has 0 aliphatic rings. The summed E-state index contributed by atoms with van der Waals surface area (Å²) in [6.07, 6.45) is -0.666. The largest absolute Gasteiger partial charge is 0.479 e. The minimum absolute atomic E-state index is 0.123. The maximum Gasteiger partial charge on any atom is 0.413 e. The van der Waals surface area contributed by atoms with E-state index in [0.717, 1.165) is 0 Å². The van der Waals surface area contributed by atoms with Crippen LogP contribution in [0, 0.1) is 11.3 Å². The predicted molar refractivity (Wildman–Crippen MR) is 59.7 cm³/mol. The molecule has 1 rings (SSSR count). The monoisotopic (exact) mass is 238 g/mol. The van der Waals surface area contributed by atoms with Gasteiger partial charge in [-0.25, -0.2) is 4.79 Å². The average Bonchev–Trinajstić information content (AvgIpc) is 2.56. The molecule has 92 valence electrons. The van der Waals surface area contributed by atoms with Crippen molar-refractivity contribution in [2.75, 3.05) is 12.4 Å². The van der Waals surface area contributed by atoms with Gasteiger partial charge in [0.25, 0.3) is 5.88 Å². The van der Waals surface area contributed by atoms with E-state index in [2.05, 4.69) is 15.5 Å². The molecular formula is C10H14N4O3. The summed E-state index contributed by atoms with van der Waals surface area (Å²) in [7, 11) is 1.38. The number of carbonyl (C=O) groups is 1. The van der Waals surface area contributed by atoms with Crippen LogP contribution in [-0.4, -0.2) is 29.0 Å². The topological polar surface area (TPSA) is 100 Å². The lowest BCUT2D eigenvalue weighted by atomic mass is 10.2. The lowest BCUT2D eigenvalue weighted by Crippen LogP contribution is -2.27. The first kappa shape index (κ1) is 12.8. The van der Waals surface area contributed by atoms with E-state index in [1.54, 1.807) is 20.8 Å². The van der Waals surface area contributed by atoms with Crippen molar-refractivity contribution in [3.05, 3.63) is 5.56 Å². The summed E-state index contributed by atoms with van der Waals surface area (Å²) in [4.78, 5) is 11.5. The van der Waals surface area contributed by atoms with Crippen LogP contribution in [0.3, 0.4) is 0 Å². The third kappa shape index (κ3) is 3.38. The summed E-state index contributed by atoms with van der Waals surface area (Å²) in [5.41, 5.74) is -0.487. The molecule has 1 aromatic heterocycles. The molecule has 17 heavy (non-hydrogen) atoms. The van der Waals surface area contributed by atoms with Crippen LogP contribution in [0.5, 0.6) is 5.88 Å². The first-order valence-electron chi connectivity index (χ1n) is 4.90. The number of nitrogens with zero attached hydrogens (tertiary/aromatic N) is 2. The number of nitriles is 1. The molecule has 0 radical (unpaired) electrons. The van der Waals surface area contributed by atoms with Crippen LogP contribution in [-0.2, 0) is 4.74 Å². The van der Waals surface area contributed by atoms with Gasteiger partial charge in [-0.1, -0.05) is 0 Å². The number of hydrogen-bond donors (Lipinski definition) is 2. The van der Waals surface area contributed by atoms with E-state index in [-0.39, 0.29) is 17.3 Å². The van der Waals surface area contributed by atoms with Gasteiger partial charge in [-0.2, -0.15) is 5.26 Å². The van der Waals surface area contributed by atoms with Crippen LogP contribution in [0.25, 0.3) is 0 Å². The first-order chi connectivity index (χ1) is 7.87. The predicted octanol–water partition coefficient (Wildman–Crippen LogP) is 1.64. The quantitative estimate of drug-likeness (QED) is 0.815. The lowest BCUT2D eigenvalue weighted by molar-refractivity contribution is 0.0635. The third-order valence-corrected chi connectivity index (χ3v) is 1.66. The van der Waals surface area contributed by atoms with E-state index < -0.39 is 11.7 Å². The molecule has 0 fully saturated rings. The molecule has 0 unspecified atom stereocenters. The molecule has 1 aromatic rings. The van der Waals surface area contributed by atoms with Gasteiger partial charge in [0.05, 0.1) is 7.11 Å². The number of H-pyrrole nitrogens is 1. The number of aromatic amines is 1. The van der Waals surface area contributed by atoms with E-state index >= 15 is 0 Å². The van der Waals surface area contributed by atoms with Gasteiger partial charge in [0, 0.05) is 0 Å². The zero-order chi connectivity index (χ0) is 13.1. The Morgan fingerprint density at radius 1 is 1.53 bits per heavy atom. The van der Waals surface area contributed by atoms with Gasteiger partial charge in [0.2, 0.25) is 0 Å². The Hall–Kier alpha value is -2.23. The summed E-state index contributed by atoms with van der Waals surface area (Å²) in [5.74, 6) is 0.275. The molecule has 0 saturated heterocycles. The number of nitrogens with one attached hydrogen (secondary N) is 2. The summed E-state index contributed by atoms with van der Waals surface area (Å²) >= 11 is 0. The number of ether oxygens (including phenoxy) is 2. The fourth-order valence-corrected chi connectivity index (χ4v) is 1.07. The molecule has 0 aromatic carbocycles. The molecule has 1 amide bonds. The maximum atomic E-state index is 11.5. The number of carbonyl (C=O) groups excluding carboxylic acids is 1. The summed E-state index contributed by atoms with van der Waals surface area (Å²) in [5, 5.41) is 17.5. The SMILES string of the molecule is COc1n[nH]c(NC(=O)OC(C)(C)C)c1C#N. The minimum Gasteiger partial charge on any atom is -0.479 e. The highest BCUT2D eigenvalue weighted by Crippen LogP contribution is 2.22. The van der Waals surface area contributed by atoms with Crippen molar-refractivity contribution in [1.82, 2.24) is 10.2 Å². The number of aromatic nitrogens is 2. The van der Waals surface area contributed by atoms with Gasteiger partial charge in [-0.15, -0.1) is 5.10 Å². The number of anilines is 1. The van der Waals surface area contributed by atoms with Crippen molar-refractivity contribution < 1.29 is 14.3 Å². The highest BCUT2D eigenvalue weighted by atomic mass is 16.6. The zero-order valence-corrected chi connectivity index (χ0v) is 10.1. The number of amides is 1.